The van der Waals surface area contributed by atoms with Crippen molar-refractivity contribution in [1.29, 1.82) is 0 Å². The normalized spacial score (nSPS) is 26.7. The Morgan fingerprint density at radius 2 is 2.05 bits per heavy atom. The van der Waals surface area contributed by atoms with Crippen LogP contribution >= 0.6 is 0 Å². The number of rotatable bonds is 3. The molecule has 1 amide bonds. The van der Waals surface area contributed by atoms with Crippen LogP contribution in [0.25, 0.3) is 0 Å². The highest BCUT2D eigenvalue weighted by atomic mass is 16.5. The number of carbonyl (C=O) groups excluding carboxylic acids is 1. The Morgan fingerprint density at radius 1 is 1.23 bits per heavy atom. The van der Waals surface area contributed by atoms with E-state index in [-0.39, 0.29) is 12.0 Å². The summed E-state index contributed by atoms with van der Waals surface area (Å²) in [5, 5.41) is 3.53. The molecule has 0 saturated carbocycles. The van der Waals surface area contributed by atoms with Crippen molar-refractivity contribution in [3.05, 3.63) is 30.3 Å². The van der Waals surface area contributed by atoms with Gasteiger partial charge >= 0.3 is 0 Å². The van der Waals surface area contributed by atoms with Crippen molar-refractivity contribution in [3.63, 3.8) is 0 Å². The fourth-order valence-electron chi connectivity index (χ4n) is 3.20. The first-order chi connectivity index (χ1) is 10.7. The number of anilines is 1. The van der Waals surface area contributed by atoms with E-state index < -0.39 is 0 Å². The van der Waals surface area contributed by atoms with E-state index in [2.05, 4.69) is 22.3 Å². The molecule has 2 saturated heterocycles. The summed E-state index contributed by atoms with van der Waals surface area (Å²) in [6, 6.07) is 10.5. The van der Waals surface area contributed by atoms with Gasteiger partial charge in [-0.25, -0.2) is 0 Å². The van der Waals surface area contributed by atoms with Crippen molar-refractivity contribution in [2.75, 3.05) is 45.2 Å². The van der Waals surface area contributed by atoms with E-state index in [1.807, 2.05) is 30.1 Å². The Bertz CT molecular complexity index is 494. The highest BCUT2D eigenvalue weighted by Gasteiger charge is 2.31. The zero-order valence-electron chi connectivity index (χ0n) is 13.2. The van der Waals surface area contributed by atoms with Crippen LogP contribution in [0.1, 0.15) is 12.8 Å². The molecule has 1 aromatic rings. The summed E-state index contributed by atoms with van der Waals surface area (Å²) < 4.78 is 5.66. The molecule has 2 aliphatic rings. The molecular weight excluding hydrogens is 278 g/mol. The first-order valence-electron chi connectivity index (χ1n) is 8.13. The van der Waals surface area contributed by atoms with Crippen LogP contribution in [-0.4, -0.2) is 67.7 Å². The van der Waals surface area contributed by atoms with E-state index in [4.69, 9.17) is 4.74 Å². The van der Waals surface area contributed by atoms with Crippen molar-refractivity contribution in [1.82, 2.24) is 9.80 Å². The Labute approximate surface area is 132 Å². The number of hydrogen-bond donors (Lipinski definition) is 1. The molecule has 120 valence electrons. The molecule has 1 N–H and O–H groups in total. The average Bonchev–Trinajstić information content (AvgIpc) is 2.55. The lowest BCUT2D eigenvalue weighted by Gasteiger charge is -2.37. The van der Waals surface area contributed by atoms with Crippen molar-refractivity contribution < 1.29 is 9.53 Å². The summed E-state index contributed by atoms with van der Waals surface area (Å²) in [5.74, 6) is 0.145. The van der Waals surface area contributed by atoms with Crippen molar-refractivity contribution in [2.45, 2.75) is 25.0 Å². The summed E-state index contributed by atoms with van der Waals surface area (Å²) in [5.41, 5.74) is 1.12. The minimum Gasteiger partial charge on any atom is -0.381 e. The van der Waals surface area contributed by atoms with Crippen LogP contribution in [0.5, 0.6) is 0 Å². The number of benzene rings is 1. The highest BCUT2D eigenvalue weighted by molar-refractivity contribution is 5.81. The number of likely N-dealkylation sites (tertiary alicyclic amines) is 1. The first kappa shape index (κ1) is 15.3. The topological polar surface area (TPSA) is 44.8 Å². The van der Waals surface area contributed by atoms with E-state index in [1.54, 1.807) is 0 Å². The minimum atomic E-state index is -0.297. The van der Waals surface area contributed by atoms with Gasteiger partial charge in [0.25, 0.3) is 5.91 Å². The predicted molar refractivity (Wildman–Crippen MR) is 86.9 cm³/mol. The molecule has 0 aliphatic carbocycles. The van der Waals surface area contributed by atoms with Crippen molar-refractivity contribution in [2.24, 2.45) is 0 Å². The fourth-order valence-corrected chi connectivity index (χ4v) is 3.20. The van der Waals surface area contributed by atoms with Crippen LogP contribution in [0.2, 0.25) is 0 Å². The number of likely N-dealkylation sites (N-methyl/N-ethyl adjacent to an activating group) is 1. The molecule has 5 heteroatoms. The first-order valence-corrected chi connectivity index (χ1v) is 8.13. The van der Waals surface area contributed by atoms with Gasteiger partial charge in [0.1, 0.15) is 6.10 Å². The van der Waals surface area contributed by atoms with E-state index in [9.17, 15) is 4.79 Å². The van der Waals surface area contributed by atoms with Gasteiger partial charge in [0, 0.05) is 37.9 Å². The summed E-state index contributed by atoms with van der Waals surface area (Å²) in [6.45, 7) is 3.85. The van der Waals surface area contributed by atoms with Crippen LogP contribution in [0, 0.1) is 0 Å². The molecule has 2 atom stereocenters. The van der Waals surface area contributed by atoms with Crippen LogP contribution in [0.15, 0.2) is 30.3 Å². The number of nitrogens with zero attached hydrogens (tertiary/aromatic N) is 2. The number of nitrogens with one attached hydrogen (secondary N) is 1. The largest absolute Gasteiger partial charge is 0.381 e. The van der Waals surface area contributed by atoms with Crippen molar-refractivity contribution >= 4 is 11.6 Å². The van der Waals surface area contributed by atoms with Gasteiger partial charge in [-0.05, 0) is 32.0 Å². The summed E-state index contributed by atoms with van der Waals surface area (Å²) in [6.07, 6.45) is 1.84. The van der Waals surface area contributed by atoms with Crippen LogP contribution in [-0.2, 0) is 9.53 Å². The number of carbonyl (C=O) groups is 1. The number of piperidine rings is 1. The zero-order valence-corrected chi connectivity index (χ0v) is 13.2. The third-order valence-corrected chi connectivity index (χ3v) is 4.42. The summed E-state index contributed by atoms with van der Waals surface area (Å²) >= 11 is 0. The molecule has 0 spiro atoms. The Hall–Kier alpha value is -1.59. The van der Waals surface area contributed by atoms with Gasteiger partial charge in [-0.2, -0.15) is 0 Å². The Morgan fingerprint density at radius 3 is 2.82 bits per heavy atom. The van der Waals surface area contributed by atoms with Gasteiger partial charge < -0.3 is 19.9 Å². The fraction of sp³-hybridized carbons (Fsp3) is 0.588. The molecule has 0 aromatic heterocycles. The average molecular weight is 303 g/mol. The quantitative estimate of drug-likeness (QED) is 0.917. The monoisotopic (exact) mass is 303 g/mol. The molecule has 0 bridgehead atoms. The second-order valence-corrected chi connectivity index (χ2v) is 6.26. The third-order valence-electron chi connectivity index (χ3n) is 4.42. The molecule has 0 unspecified atom stereocenters. The lowest BCUT2D eigenvalue weighted by Crippen LogP contribution is -2.53. The molecule has 22 heavy (non-hydrogen) atoms. The maximum atomic E-state index is 12.6. The highest BCUT2D eigenvalue weighted by Crippen LogP contribution is 2.18. The maximum Gasteiger partial charge on any atom is 0.253 e. The van der Waals surface area contributed by atoms with Gasteiger partial charge in [-0.1, -0.05) is 18.2 Å². The maximum absolute atomic E-state index is 12.6. The molecule has 1 aromatic carbocycles. The van der Waals surface area contributed by atoms with E-state index in [0.29, 0.717) is 19.2 Å². The number of para-hydroxylation sites is 1. The molecule has 2 aliphatic heterocycles. The molecule has 2 heterocycles. The molecule has 2 fully saturated rings. The van der Waals surface area contributed by atoms with Gasteiger partial charge in [-0.15, -0.1) is 0 Å². The second kappa shape index (κ2) is 7.11. The number of amides is 1. The van der Waals surface area contributed by atoms with E-state index in [1.165, 1.54) is 0 Å². The van der Waals surface area contributed by atoms with E-state index >= 15 is 0 Å². The second-order valence-electron chi connectivity index (χ2n) is 6.26. The molecule has 0 radical (unpaired) electrons. The van der Waals surface area contributed by atoms with Crippen molar-refractivity contribution in [3.8, 4) is 0 Å². The van der Waals surface area contributed by atoms with Gasteiger partial charge in [0.15, 0.2) is 0 Å². The minimum absolute atomic E-state index is 0.145. The number of morpholine rings is 1. The number of ether oxygens (including phenoxy) is 1. The van der Waals surface area contributed by atoms with E-state index in [0.717, 1.165) is 38.2 Å². The van der Waals surface area contributed by atoms with Crippen LogP contribution < -0.4 is 5.32 Å². The SMILES string of the molecule is CN1CCO[C@@H](C(=O)N2CCC[C@@H](Nc3ccccc3)C2)C1. The predicted octanol–water partition coefficient (Wildman–Crippen LogP) is 1.42. The summed E-state index contributed by atoms with van der Waals surface area (Å²) in [4.78, 5) is 16.8. The van der Waals surface area contributed by atoms with Gasteiger partial charge in [0.2, 0.25) is 0 Å². The Balaban J connectivity index is 1.57. The Kier molecular flexibility index (Phi) is 4.95. The standard InChI is InChI=1S/C17H25N3O2/c1-19-10-11-22-16(13-19)17(21)20-9-5-8-15(12-20)18-14-6-3-2-4-7-14/h2-4,6-7,15-16,18H,5,8-13H2,1H3/t15-,16-/m1/s1. The van der Waals surface area contributed by atoms with Gasteiger partial charge in [-0.3, -0.25) is 4.79 Å². The number of hydrogen-bond acceptors (Lipinski definition) is 4. The molecule has 5 nitrogen and oxygen atoms in total. The van der Waals surface area contributed by atoms with Crippen LogP contribution in [0.4, 0.5) is 5.69 Å². The van der Waals surface area contributed by atoms with Crippen LogP contribution in [0.3, 0.4) is 0 Å². The molecule has 3 rings (SSSR count). The lowest BCUT2D eigenvalue weighted by molar-refractivity contribution is -0.149. The summed E-state index contributed by atoms with van der Waals surface area (Å²) in [7, 11) is 2.04. The molecular formula is C17H25N3O2. The lowest BCUT2D eigenvalue weighted by atomic mass is 10.0. The smallest absolute Gasteiger partial charge is 0.253 e. The zero-order chi connectivity index (χ0) is 15.4. The van der Waals surface area contributed by atoms with Gasteiger partial charge in [0.05, 0.1) is 6.61 Å². The third kappa shape index (κ3) is 3.78.